The molecule has 5 rings (SSSR count). The van der Waals surface area contributed by atoms with Crippen molar-refractivity contribution in [2.75, 3.05) is 12.4 Å². The Labute approximate surface area is 204 Å². The molecule has 0 unspecified atom stereocenters. The number of pyridine rings is 1. The average Bonchev–Trinajstić information content (AvgIpc) is 3.23. The zero-order valence-electron chi connectivity index (χ0n) is 20.5. The van der Waals surface area contributed by atoms with Crippen molar-refractivity contribution < 1.29 is 9.47 Å². The van der Waals surface area contributed by atoms with Crippen LogP contribution in [0.3, 0.4) is 0 Å². The maximum Gasteiger partial charge on any atom is 0.249 e. The normalized spacial score (nSPS) is 11.0. The monoisotopic (exact) mass is 465 g/mol. The van der Waals surface area contributed by atoms with Crippen LogP contribution >= 0.6 is 0 Å². The summed E-state index contributed by atoms with van der Waals surface area (Å²) in [6, 6.07) is 16.2. The summed E-state index contributed by atoms with van der Waals surface area (Å²) in [5.41, 5.74) is 7.76. The first-order valence-corrected chi connectivity index (χ1v) is 11.4. The number of aryl methyl sites for hydroxylation is 4. The van der Waals surface area contributed by atoms with Gasteiger partial charge in [-0.05, 0) is 73.9 Å². The van der Waals surface area contributed by atoms with Gasteiger partial charge in [0.2, 0.25) is 11.8 Å². The van der Waals surface area contributed by atoms with Gasteiger partial charge in [0, 0.05) is 30.7 Å². The molecule has 7 heteroatoms. The van der Waals surface area contributed by atoms with Crippen molar-refractivity contribution in [2.45, 2.75) is 20.8 Å². The first-order chi connectivity index (χ1) is 16.9. The Morgan fingerprint density at radius 3 is 2.37 bits per heavy atom. The van der Waals surface area contributed by atoms with Crippen LogP contribution < -0.4 is 14.8 Å². The van der Waals surface area contributed by atoms with E-state index in [1.165, 1.54) is 5.56 Å². The first kappa shape index (κ1) is 22.4. The molecule has 0 saturated carbocycles. The maximum atomic E-state index is 6.48. The van der Waals surface area contributed by atoms with Crippen molar-refractivity contribution in [2.24, 2.45) is 7.05 Å². The molecule has 0 spiro atoms. The van der Waals surface area contributed by atoms with Crippen LogP contribution in [0, 0.1) is 20.8 Å². The predicted octanol–water partition coefficient (Wildman–Crippen LogP) is 6.50. The summed E-state index contributed by atoms with van der Waals surface area (Å²) < 4.78 is 14.0. The topological polar surface area (TPSA) is 74.1 Å². The lowest BCUT2D eigenvalue weighted by atomic mass is 10.00. The summed E-state index contributed by atoms with van der Waals surface area (Å²) in [6.07, 6.45) is 5.45. The molecule has 0 aliphatic heterocycles. The Bertz CT molecular complexity index is 1500. The molecule has 0 radical (unpaired) electrons. The predicted molar refractivity (Wildman–Crippen MR) is 139 cm³/mol. The van der Waals surface area contributed by atoms with Gasteiger partial charge in [0.25, 0.3) is 0 Å². The summed E-state index contributed by atoms with van der Waals surface area (Å²) >= 11 is 0. The Kier molecular flexibility index (Phi) is 5.82. The molecule has 2 aromatic carbocycles. The lowest BCUT2D eigenvalue weighted by Gasteiger charge is -2.16. The van der Waals surface area contributed by atoms with Gasteiger partial charge in [-0.25, -0.2) is 4.98 Å². The summed E-state index contributed by atoms with van der Waals surface area (Å²) in [4.78, 5) is 13.6. The minimum atomic E-state index is 0.482. The fourth-order valence-corrected chi connectivity index (χ4v) is 4.19. The maximum absolute atomic E-state index is 6.48. The highest BCUT2D eigenvalue weighted by molar-refractivity contribution is 5.83. The molecule has 1 N–H and O–H groups in total. The Hall–Kier alpha value is -4.39. The van der Waals surface area contributed by atoms with Gasteiger partial charge in [-0.1, -0.05) is 17.7 Å². The van der Waals surface area contributed by atoms with Crippen LogP contribution in [0.1, 0.15) is 16.7 Å². The number of benzene rings is 2. The van der Waals surface area contributed by atoms with Crippen molar-refractivity contribution in [3.63, 3.8) is 0 Å². The molecule has 3 aromatic heterocycles. The molecule has 35 heavy (non-hydrogen) atoms. The minimum Gasteiger partial charge on any atom is -0.494 e. The molecular formula is C28H27N5O2. The van der Waals surface area contributed by atoms with Crippen molar-refractivity contribution in [1.29, 1.82) is 0 Å². The lowest BCUT2D eigenvalue weighted by Crippen LogP contribution is -2.02. The van der Waals surface area contributed by atoms with E-state index in [0.717, 1.165) is 50.5 Å². The fraction of sp³-hybridized carbons (Fsp3) is 0.179. The van der Waals surface area contributed by atoms with E-state index in [4.69, 9.17) is 19.4 Å². The second-order valence-corrected chi connectivity index (χ2v) is 8.62. The lowest BCUT2D eigenvalue weighted by molar-refractivity contribution is 0.414. The molecule has 0 saturated heterocycles. The third kappa shape index (κ3) is 4.40. The zero-order valence-corrected chi connectivity index (χ0v) is 20.5. The van der Waals surface area contributed by atoms with Gasteiger partial charge in [-0.15, -0.1) is 0 Å². The molecule has 0 atom stereocenters. The number of methoxy groups -OCH3 is 1. The van der Waals surface area contributed by atoms with E-state index >= 15 is 0 Å². The van der Waals surface area contributed by atoms with Crippen LogP contribution in [0.2, 0.25) is 0 Å². The van der Waals surface area contributed by atoms with E-state index < -0.39 is 0 Å². The van der Waals surface area contributed by atoms with Crippen molar-refractivity contribution >= 4 is 22.7 Å². The highest BCUT2D eigenvalue weighted by Gasteiger charge is 2.17. The standard InChI is InChI=1S/C28H27N5O2/c1-17-6-8-21(9-7-17)30-28-31-23-11-13-33(4)25(23)27(32-28)35-26-18(2)14-20(15-19(26)3)22-10-12-29-16-24(22)34-5/h6-16H,1-5H3,(H,30,31,32). The fourth-order valence-electron chi connectivity index (χ4n) is 4.19. The van der Waals surface area contributed by atoms with Crippen LogP contribution in [-0.4, -0.2) is 26.6 Å². The average molecular weight is 466 g/mol. The van der Waals surface area contributed by atoms with Crippen molar-refractivity contribution in [1.82, 2.24) is 19.5 Å². The first-order valence-electron chi connectivity index (χ1n) is 11.4. The number of hydrogen-bond acceptors (Lipinski definition) is 6. The number of aromatic nitrogens is 4. The van der Waals surface area contributed by atoms with E-state index in [2.05, 4.69) is 29.4 Å². The highest BCUT2D eigenvalue weighted by atomic mass is 16.5. The zero-order chi connectivity index (χ0) is 24.5. The van der Waals surface area contributed by atoms with E-state index in [1.54, 1.807) is 19.5 Å². The van der Waals surface area contributed by atoms with Gasteiger partial charge >= 0.3 is 0 Å². The van der Waals surface area contributed by atoms with E-state index in [1.807, 2.05) is 68.1 Å². The molecule has 0 amide bonds. The number of nitrogens with zero attached hydrogens (tertiary/aromatic N) is 4. The number of nitrogens with one attached hydrogen (secondary N) is 1. The molecule has 5 aromatic rings. The quantitative estimate of drug-likeness (QED) is 0.309. The summed E-state index contributed by atoms with van der Waals surface area (Å²) in [5, 5.41) is 3.30. The van der Waals surface area contributed by atoms with Crippen LogP contribution in [0.25, 0.3) is 22.2 Å². The second-order valence-electron chi connectivity index (χ2n) is 8.62. The van der Waals surface area contributed by atoms with Gasteiger partial charge < -0.3 is 19.4 Å². The number of fused-ring (bicyclic) bond motifs is 1. The summed E-state index contributed by atoms with van der Waals surface area (Å²) in [5.74, 6) is 2.48. The Morgan fingerprint density at radius 1 is 0.914 bits per heavy atom. The van der Waals surface area contributed by atoms with Gasteiger partial charge in [-0.2, -0.15) is 4.98 Å². The number of ether oxygens (including phenoxy) is 2. The molecule has 3 heterocycles. The smallest absolute Gasteiger partial charge is 0.249 e. The van der Waals surface area contributed by atoms with Crippen LogP contribution in [-0.2, 0) is 7.05 Å². The molecular weight excluding hydrogens is 438 g/mol. The molecule has 0 fully saturated rings. The molecule has 7 nitrogen and oxygen atoms in total. The second kappa shape index (κ2) is 9.10. The Morgan fingerprint density at radius 2 is 1.66 bits per heavy atom. The number of hydrogen-bond donors (Lipinski definition) is 1. The Balaban J connectivity index is 1.54. The molecule has 0 bridgehead atoms. The van der Waals surface area contributed by atoms with Gasteiger partial charge in [-0.3, -0.25) is 4.98 Å². The minimum absolute atomic E-state index is 0.482. The van der Waals surface area contributed by atoms with E-state index in [0.29, 0.717) is 11.8 Å². The third-order valence-corrected chi connectivity index (χ3v) is 5.97. The summed E-state index contributed by atoms with van der Waals surface area (Å²) in [7, 11) is 3.62. The number of rotatable bonds is 6. The molecule has 0 aliphatic rings. The largest absolute Gasteiger partial charge is 0.494 e. The van der Waals surface area contributed by atoms with Crippen molar-refractivity contribution in [3.8, 4) is 28.5 Å². The third-order valence-electron chi connectivity index (χ3n) is 5.97. The highest BCUT2D eigenvalue weighted by Crippen LogP contribution is 2.37. The van der Waals surface area contributed by atoms with Crippen LogP contribution in [0.5, 0.6) is 17.4 Å². The van der Waals surface area contributed by atoms with Crippen LogP contribution in [0.4, 0.5) is 11.6 Å². The SMILES string of the molecule is COc1cnccc1-c1cc(C)c(Oc2nc(Nc3ccc(C)cc3)nc3ccn(C)c23)c(C)c1. The van der Waals surface area contributed by atoms with Gasteiger partial charge in [0.15, 0.2) is 0 Å². The number of anilines is 2. The molecule has 176 valence electrons. The van der Waals surface area contributed by atoms with E-state index in [-0.39, 0.29) is 0 Å². The summed E-state index contributed by atoms with van der Waals surface area (Å²) in [6.45, 7) is 6.13. The van der Waals surface area contributed by atoms with Gasteiger partial charge in [0.1, 0.15) is 17.0 Å². The van der Waals surface area contributed by atoms with Crippen molar-refractivity contribution in [3.05, 3.63) is 83.8 Å². The van der Waals surface area contributed by atoms with E-state index in [9.17, 15) is 0 Å². The molecule has 0 aliphatic carbocycles. The van der Waals surface area contributed by atoms with Gasteiger partial charge in [0.05, 0.1) is 18.8 Å². The van der Waals surface area contributed by atoms with Crippen LogP contribution in [0.15, 0.2) is 67.1 Å².